The summed E-state index contributed by atoms with van der Waals surface area (Å²) in [6.07, 6.45) is 5.72. The Morgan fingerprint density at radius 2 is 1.52 bits per heavy atom. The lowest BCUT2D eigenvalue weighted by Gasteiger charge is -2.06. The molecule has 0 spiro atoms. The highest BCUT2D eigenvalue weighted by Crippen LogP contribution is 2.12. The second-order valence-electron chi connectivity index (χ2n) is 6.29. The van der Waals surface area contributed by atoms with Crippen molar-refractivity contribution in [3.8, 4) is 5.75 Å². The Morgan fingerprint density at radius 3 is 2.28 bits per heavy atom. The number of unbranched alkanes of at least 4 members (excludes halogenated alkanes) is 2. The third-order valence-corrected chi connectivity index (χ3v) is 4.23. The Hall–Kier alpha value is -1.84. The van der Waals surface area contributed by atoms with Gasteiger partial charge in [-0.2, -0.15) is 0 Å². The van der Waals surface area contributed by atoms with E-state index < -0.39 is 0 Å². The minimum atomic E-state index is 0.846. The first kappa shape index (κ1) is 19.5. The van der Waals surface area contributed by atoms with Crippen molar-refractivity contribution in [1.82, 2.24) is 5.32 Å². The SMILES string of the molecule is COc1ccc(CCCOCCCCCNCc2ccccc2)cc1. The molecule has 2 rings (SSSR count). The molecule has 0 fully saturated rings. The fourth-order valence-electron chi connectivity index (χ4n) is 2.73. The van der Waals surface area contributed by atoms with Crippen LogP contribution in [0.3, 0.4) is 0 Å². The van der Waals surface area contributed by atoms with Crippen LogP contribution in [-0.4, -0.2) is 26.9 Å². The first-order valence-corrected chi connectivity index (χ1v) is 9.34. The van der Waals surface area contributed by atoms with Crippen molar-refractivity contribution in [2.45, 2.75) is 38.6 Å². The topological polar surface area (TPSA) is 30.5 Å². The molecule has 136 valence electrons. The lowest BCUT2D eigenvalue weighted by atomic mass is 10.1. The monoisotopic (exact) mass is 341 g/mol. The Morgan fingerprint density at radius 1 is 0.760 bits per heavy atom. The van der Waals surface area contributed by atoms with Crippen molar-refractivity contribution < 1.29 is 9.47 Å². The molecule has 3 nitrogen and oxygen atoms in total. The quantitative estimate of drug-likeness (QED) is 0.540. The largest absolute Gasteiger partial charge is 0.497 e. The summed E-state index contributed by atoms with van der Waals surface area (Å²) in [5.74, 6) is 0.915. The smallest absolute Gasteiger partial charge is 0.118 e. The summed E-state index contributed by atoms with van der Waals surface area (Å²) in [4.78, 5) is 0. The zero-order valence-electron chi connectivity index (χ0n) is 15.4. The fraction of sp³-hybridized carbons (Fsp3) is 0.455. The summed E-state index contributed by atoms with van der Waals surface area (Å²) in [7, 11) is 1.70. The number of ether oxygens (including phenoxy) is 2. The van der Waals surface area contributed by atoms with Gasteiger partial charge in [-0.15, -0.1) is 0 Å². The third kappa shape index (κ3) is 8.71. The number of benzene rings is 2. The van der Waals surface area contributed by atoms with Crippen molar-refractivity contribution in [1.29, 1.82) is 0 Å². The Labute approximate surface area is 152 Å². The van der Waals surface area contributed by atoms with Gasteiger partial charge in [0.2, 0.25) is 0 Å². The lowest BCUT2D eigenvalue weighted by molar-refractivity contribution is 0.128. The minimum absolute atomic E-state index is 0.846. The first-order valence-electron chi connectivity index (χ1n) is 9.34. The zero-order chi connectivity index (χ0) is 17.6. The van der Waals surface area contributed by atoms with Crippen molar-refractivity contribution in [2.75, 3.05) is 26.9 Å². The van der Waals surface area contributed by atoms with Gasteiger partial charge in [0.1, 0.15) is 5.75 Å². The normalized spacial score (nSPS) is 10.8. The van der Waals surface area contributed by atoms with Crippen LogP contribution in [0.4, 0.5) is 0 Å². The molecule has 0 saturated carbocycles. The van der Waals surface area contributed by atoms with Gasteiger partial charge in [-0.05, 0) is 61.9 Å². The van der Waals surface area contributed by atoms with Crippen LogP contribution in [0.15, 0.2) is 54.6 Å². The summed E-state index contributed by atoms with van der Waals surface area (Å²) in [5.41, 5.74) is 2.69. The third-order valence-electron chi connectivity index (χ3n) is 4.23. The summed E-state index contributed by atoms with van der Waals surface area (Å²) >= 11 is 0. The highest BCUT2D eigenvalue weighted by Gasteiger charge is 1.96. The van der Waals surface area contributed by atoms with E-state index >= 15 is 0 Å². The Bertz CT molecular complexity index is 554. The maximum absolute atomic E-state index is 5.73. The van der Waals surface area contributed by atoms with Crippen LogP contribution in [0.1, 0.15) is 36.8 Å². The van der Waals surface area contributed by atoms with E-state index in [-0.39, 0.29) is 0 Å². The second kappa shape index (κ2) is 12.5. The Balaban J connectivity index is 1.37. The summed E-state index contributed by atoms with van der Waals surface area (Å²) < 4.78 is 10.9. The highest BCUT2D eigenvalue weighted by atomic mass is 16.5. The van der Waals surface area contributed by atoms with E-state index in [1.165, 1.54) is 24.0 Å². The molecule has 0 aliphatic heterocycles. The van der Waals surface area contributed by atoms with Crippen LogP contribution in [-0.2, 0) is 17.7 Å². The van der Waals surface area contributed by atoms with Crippen molar-refractivity contribution >= 4 is 0 Å². The first-order chi connectivity index (χ1) is 12.4. The van der Waals surface area contributed by atoms with Crippen LogP contribution >= 0.6 is 0 Å². The van der Waals surface area contributed by atoms with E-state index in [4.69, 9.17) is 9.47 Å². The summed E-state index contributed by atoms with van der Waals surface area (Å²) in [6, 6.07) is 18.8. The van der Waals surface area contributed by atoms with Crippen LogP contribution in [0.5, 0.6) is 5.75 Å². The van der Waals surface area contributed by atoms with E-state index in [1.54, 1.807) is 7.11 Å². The van der Waals surface area contributed by atoms with Crippen LogP contribution in [0.2, 0.25) is 0 Å². The molecule has 25 heavy (non-hydrogen) atoms. The molecule has 2 aromatic rings. The maximum atomic E-state index is 5.73. The molecule has 0 aromatic heterocycles. The van der Waals surface area contributed by atoms with Gasteiger partial charge in [0.25, 0.3) is 0 Å². The van der Waals surface area contributed by atoms with Gasteiger partial charge < -0.3 is 14.8 Å². The molecule has 0 radical (unpaired) electrons. The number of aryl methyl sites for hydroxylation is 1. The van der Waals surface area contributed by atoms with Gasteiger partial charge in [0.15, 0.2) is 0 Å². The molecule has 0 aliphatic rings. The Kier molecular flexibility index (Phi) is 9.75. The molecule has 0 bridgehead atoms. The lowest BCUT2D eigenvalue weighted by Crippen LogP contribution is -2.14. The van der Waals surface area contributed by atoms with Crippen molar-refractivity contribution in [3.63, 3.8) is 0 Å². The minimum Gasteiger partial charge on any atom is -0.497 e. The molecule has 0 atom stereocenters. The maximum Gasteiger partial charge on any atom is 0.118 e. The summed E-state index contributed by atoms with van der Waals surface area (Å²) in [5, 5.41) is 3.49. The average molecular weight is 341 g/mol. The summed E-state index contributed by atoms with van der Waals surface area (Å²) in [6.45, 7) is 3.76. The van der Waals surface area contributed by atoms with E-state index in [2.05, 4.69) is 47.8 Å². The predicted octanol–water partition coefficient (Wildman–Crippen LogP) is 4.60. The molecule has 0 unspecified atom stereocenters. The number of methoxy groups -OCH3 is 1. The van der Waals surface area contributed by atoms with Gasteiger partial charge >= 0.3 is 0 Å². The number of hydrogen-bond donors (Lipinski definition) is 1. The van der Waals surface area contributed by atoms with E-state index in [0.717, 1.165) is 51.3 Å². The number of nitrogens with one attached hydrogen (secondary N) is 1. The van der Waals surface area contributed by atoms with Gasteiger partial charge in [-0.1, -0.05) is 42.5 Å². The molecule has 3 heteroatoms. The van der Waals surface area contributed by atoms with Gasteiger partial charge in [-0.25, -0.2) is 0 Å². The van der Waals surface area contributed by atoms with E-state index in [9.17, 15) is 0 Å². The van der Waals surface area contributed by atoms with Crippen molar-refractivity contribution in [2.24, 2.45) is 0 Å². The number of rotatable bonds is 13. The van der Waals surface area contributed by atoms with Crippen LogP contribution < -0.4 is 10.1 Å². The van der Waals surface area contributed by atoms with Gasteiger partial charge in [0, 0.05) is 19.8 Å². The van der Waals surface area contributed by atoms with Crippen LogP contribution in [0, 0.1) is 0 Å². The van der Waals surface area contributed by atoms with Crippen LogP contribution in [0.25, 0.3) is 0 Å². The number of hydrogen-bond acceptors (Lipinski definition) is 3. The highest BCUT2D eigenvalue weighted by molar-refractivity contribution is 5.27. The second-order valence-corrected chi connectivity index (χ2v) is 6.29. The molecule has 2 aromatic carbocycles. The fourth-order valence-corrected chi connectivity index (χ4v) is 2.73. The molecule has 0 aliphatic carbocycles. The zero-order valence-corrected chi connectivity index (χ0v) is 15.4. The molecular formula is C22H31NO2. The van der Waals surface area contributed by atoms with Crippen molar-refractivity contribution in [3.05, 3.63) is 65.7 Å². The van der Waals surface area contributed by atoms with E-state index in [1.807, 2.05) is 12.1 Å². The molecule has 0 saturated heterocycles. The predicted molar refractivity (Wildman–Crippen MR) is 104 cm³/mol. The van der Waals surface area contributed by atoms with Gasteiger partial charge in [0.05, 0.1) is 7.11 Å². The van der Waals surface area contributed by atoms with E-state index in [0.29, 0.717) is 0 Å². The molecule has 0 amide bonds. The molecular weight excluding hydrogens is 310 g/mol. The molecule has 1 N–H and O–H groups in total. The molecule has 0 heterocycles. The average Bonchev–Trinajstić information content (AvgIpc) is 2.67. The standard InChI is InChI=1S/C22H31NO2/c1-24-22-14-12-20(13-15-22)11-8-18-25-17-7-3-6-16-23-19-21-9-4-2-5-10-21/h2,4-5,9-10,12-15,23H,3,6-8,11,16-19H2,1H3. The van der Waals surface area contributed by atoms with Gasteiger partial charge in [-0.3, -0.25) is 0 Å².